The largest absolute Gasteiger partial charge is 0.462 e. The van der Waals surface area contributed by atoms with Crippen molar-refractivity contribution >= 4 is 17.9 Å². The average molecular weight is 607 g/mol. The third-order valence-electron chi connectivity index (χ3n) is 7.46. The Morgan fingerprint density at radius 3 is 1.33 bits per heavy atom. The van der Waals surface area contributed by atoms with Crippen molar-refractivity contribution in [1.29, 1.82) is 0 Å². The first-order chi connectivity index (χ1) is 21.0. The molecule has 0 unspecified atom stereocenters. The molecule has 0 aliphatic carbocycles. The van der Waals surface area contributed by atoms with Crippen molar-refractivity contribution in [3.05, 3.63) is 24.3 Å². The molecule has 0 saturated carbocycles. The Labute approximate surface area is 264 Å². The molecule has 0 spiro atoms. The van der Waals surface area contributed by atoms with Crippen molar-refractivity contribution in [2.45, 2.75) is 181 Å². The minimum Gasteiger partial charge on any atom is -0.462 e. The van der Waals surface area contributed by atoms with Crippen LogP contribution in [0.25, 0.3) is 0 Å². The Hall–Kier alpha value is -2.11. The van der Waals surface area contributed by atoms with Crippen LogP contribution in [0.2, 0.25) is 0 Å². The molecule has 6 nitrogen and oxygen atoms in total. The van der Waals surface area contributed by atoms with Crippen molar-refractivity contribution in [1.82, 2.24) is 0 Å². The quantitative estimate of drug-likeness (QED) is 0.0338. The van der Waals surface area contributed by atoms with Gasteiger partial charge >= 0.3 is 17.9 Å². The maximum Gasteiger partial charge on any atom is 0.306 e. The minimum absolute atomic E-state index is 0.0779. The number of ether oxygens (including phenoxy) is 3. The summed E-state index contributed by atoms with van der Waals surface area (Å²) in [6.45, 7) is 6.39. The van der Waals surface area contributed by atoms with Gasteiger partial charge < -0.3 is 14.2 Å². The zero-order valence-electron chi connectivity index (χ0n) is 28.2. The van der Waals surface area contributed by atoms with Gasteiger partial charge in [0.25, 0.3) is 0 Å². The van der Waals surface area contributed by atoms with Gasteiger partial charge in [0.1, 0.15) is 13.2 Å². The van der Waals surface area contributed by atoms with Gasteiger partial charge in [-0.05, 0) is 51.4 Å². The van der Waals surface area contributed by atoms with E-state index >= 15 is 0 Å². The average Bonchev–Trinajstić information content (AvgIpc) is 3.00. The second kappa shape index (κ2) is 32.8. The highest BCUT2D eigenvalue weighted by Crippen LogP contribution is 2.11. The molecule has 0 aliphatic rings. The molecule has 0 aliphatic heterocycles. The third-order valence-corrected chi connectivity index (χ3v) is 7.46. The number of rotatable bonds is 31. The van der Waals surface area contributed by atoms with Crippen LogP contribution < -0.4 is 0 Å². The van der Waals surface area contributed by atoms with Gasteiger partial charge in [0, 0.05) is 19.3 Å². The molecule has 0 rings (SSSR count). The summed E-state index contributed by atoms with van der Waals surface area (Å²) in [6, 6.07) is 0. The number of unbranched alkanes of at least 4 members (excludes halogenated alkanes) is 16. The molecule has 0 bridgehead atoms. The van der Waals surface area contributed by atoms with E-state index in [1.54, 1.807) is 0 Å². The van der Waals surface area contributed by atoms with Gasteiger partial charge in [-0.3, -0.25) is 14.4 Å². The maximum atomic E-state index is 12.5. The predicted octanol–water partition coefficient (Wildman–Crippen LogP) is 10.5. The molecule has 6 heteroatoms. The van der Waals surface area contributed by atoms with Crippen LogP contribution in [0.15, 0.2) is 24.3 Å². The lowest BCUT2D eigenvalue weighted by molar-refractivity contribution is -0.167. The Morgan fingerprint density at radius 1 is 0.465 bits per heavy atom. The Kier molecular flexibility index (Phi) is 31.2. The van der Waals surface area contributed by atoms with E-state index in [4.69, 9.17) is 14.2 Å². The summed E-state index contributed by atoms with van der Waals surface area (Å²) >= 11 is 0. The molecule has 0 fully saturated rings. The third kappa shape index (κ3) is 31.1. The second-order valence-electron chi connectivity index (χ2n) is 11.8. The minimum atomic E-state index is -0.765. The van der Waals surface area contributed by atoms with Gasteiger partial charge in [0.05, 0.1) is 0 Å². The fourth-order valence-electron chi connectivity index (χ4n) is 4.70. The van der Waals surface area contributed by atoms with E-state index in [0.29, 0.717) is 19.3 Å². The highest BCUT2D eigenvalue weighted by Gasteiger charge is 2.19. The number of allylic oxidation sites excluding steroid dienone is 4. The zero-order valence-corrected chi connectivity index (χ0v) is 28.2. The van der Waals surface area contributed by atoms with E-state index in [1.807, 2.05) is 0 Å². The van der Waals surface area contributed by atoms with Crippen molar-refractivity contribution in [3.63, 3.8) is 0 Å². The lowest BCUT2D eigenvalue weighted by Crippen LogP contribution is -2.30. The molecule has 0 aromatic heterocycles. The van der Waals surface area contributed by atoms with E-state index < -0.39 is 6.10 Å². The summed E-state index contributed by atoms with van der Waals surface area (Å²) in [7, 11) is 0. The van der Waals surface area contributed by atoms with Gasteiger partial charge in [-0.1, -0.05) is 129 Å². The van der Waals surface area contributed by atoms with Crippen molar-refractivity contribution in [3.8, 4) is 0 Å². The Balaban J connectivity index is 4.25. The Morgan fingerprint density at radius 2 is 0.837 bits per heavy atom. The van der Waals surface area contributed by atoms with Gasteiger partial charge in [-0.25, -0.2) is 0 Å². The van der Waals surface area contributed by atoms with E-state index in [1.165, 1.54) is 38.5 Å². The van der Waals surface area contributed by atoms with Crippen molar-refractivity contribution in [2.75, 3.05) is 13.2 Å². The number of carbonyl (C=O) groups excluding carboxylic acids is 3. The van der Waals surface area contributed by atoms with Gasteiger partial charge in [-0.15, -0.1) is 0 Å². The van der Waals surface area contributed by atoms with Crippen molar-refractivity contribution < 1.29 is 28.6 Å². The molecule has 0 aromatic rings. The monoisotopic (exact) mass is 606 g/mol. The molecule has 0 atom stereocenters. The van der Waals surface area contributed by atoms with Gasteiger partial charge in [-0.2, -0.15) is 0 Å². The summed E-state index contributed by atoms with van der Waals surface area (Å²) < 4.78 is 16.3. The normalized spacial score (nSPS) is 11.5. The van der Waals surface area contributed by atoms with E-state index in [0.717, 1.165) is 96.3 Å². The molecular formula is C37H66O6. The SMILES string of the molecule is CCCCC/C=C\C/C=C\CCCCCCCC(=O)OC(COC(=O)CCCCCCC)COC(=O)CCCCCCC. The predicted molar refractivity (Wildman–Crippen MR) is 178 cm³/mol. The van der Waals surface area contributed by atoms with Crippen LogP contribution >= 0.6 is 0 Å². The first-order valence-electron chi connectivity index (χ1n) is 17.8. The highest BCUT2D eigenvalue weighted by molar-refractivity contribution is 5.71. The fraction of sp³-hybridized carbons (Fsp3) is 0.811. The van der Waals surface area contributed by atoms with E-state index in [2.05, 4.69) is 45.1 Å². The summed E-state index contributed by atoms with van der Waals surface area (Å²) in [5, 5.41) is 0. The van der Waals surface area contributed by atoms with E-state index in [-0.39, 0.29) is 31.1 Å². The van der Waals surface area contributed by atoms with Crippen LogP contribution in [0.5, 0.6) is 0 Å². The highest BCUT2D eigenvalue weighted by atomic mass is 16.6. The van der Waals surface area contributed by atoms with Crippen LogP contribution in [-0.2, 0) is 28.6 Å². The molecule has 0 aromatic carbocycles. The van der Waals surface area contributed by atoms with Crippen LogP contribution in [0.1, 0.15) is 175 Å². The molecule has 250 valence electrons. The second-order valence-corrected chi connectivity index (χ2v) is 11.8. The summed E-state index contributed by atoms with van der Waals surface area (Å²) in [4.78, 5) is 36.9. The molecule has 0 N–H and O–H groups in total. The molecule has 0 amide bonds. The first kappa shape index (κ1) is 40.9. The Bertz CT molecular complexity index is 684. The van der Waals surface area contributed by atoms with Crippen LogP contribution in [-0.4, -0.2) is 37.2 Å². The number of esters is 3. The van der Waals surface area contributed by atoms with Crippen molar-refractivity contribution in [2.24, 2.45) is 0 Å². The number of hydrogen-bond acceptors (Lipinski definition) is 6. The zero-order chi connectivity index (χ0) is 31.6. The summed E-state index contributed by atoms with van der Waals surface area (Å²) in [5.74, 6) is -0.927. The number of hydrogen-bond donors (Lipinski definition) is 0. The summed E-state index contributed by atoms with van der Waals surface area (Å²) in [5.41, 5.74) is 0. The topological polar surface area (TPSA) is 78.9 Å². The molecule has 0 saturated heterocycles. The standard InChI is InChI=1S/C37H66O6/c1-4-7-10-13-14-15-16-17-18-19-20-21-22-25-28-31-37(40)43-34(32-41-35(38)29-26-23-11-8-5-2)33-42-36(39)30-27-24-12-9-6-3/h14-15,17-18,34H,4-13,16,19-33H2,1-3H3/b15-14-,18-17-. The smallest absolute Gasteiger partial charge is 0.306 e. The lowest BCUT2D eigenvalue weighted by atomic mass is 10.1. The van der Waals surface area contributed by atoms with Crippen LogP contribution in [0.3, 0.4) is 0 Å². The van der Waals surface area contributed by atoms with Crippen LogP contribution in [0, 0.1) is 0 Å². The molecular weight excluding hydrogens is 540 g/mol. The fourth-order valence-corrected chi connectivity index (χ4v) is 4.70. The van der Waals surface area contributed by atoms with Gasteiger partial charge in [0.2, 0.25) is 0 Å². The first-order valence-corrected chi connectivity index (χ1v) is 17.8. The molecule has 0 heterocycles. The lowest BCUT2D eigenvalue weighted by Gasteiger charge is -2.18. The maximum absolute atomic E-state index is 12.5. The molecule has 43 heavy (non-hydrogen) atoms. The van der Waals surface area contributed by atoms with Crippen LogP contribution in [0.4, 0.5) is 0 Å². The number of carbonyl (C=O) groups is 3. The van der Waals surface area contributed by atoms with E-state index in [9.17, 15) is 14.4 Å². The summed E-state index contributed by atoms with van der Waals surface area (Å²) in [6.07, 6.45) is 32.2. The molecule has 0 radical (unpaired) electrons. The van der Waals surface area contributed by atoms with Gasteiger partial charge in [0.15, 0.2) is 6.10 Å².